The van der Waals surface area contributed by atoms with Crippen molar-refractivity contribution in [2.75, 3.05) is 0 Å². The molecule has 1 N–H and O–H groups in total. The molecule has 0 bridgehead atoms. The molecule has 0 radical (unpaired) electrons. The number of nitrogens with zero attached hydrogens (tertiary/aromatic N) is 5. The molecule has 3 heterocycles. The number of carbonyl (C=O) groups excluding carboxylic acids is 1. The summed E-state index contributed by atoms with van der Waals surface area (Å²) in [6, 6.07) is 8.83. The molecule has 0 saturated heterocycles. The van der Waals surface area contributed by atoms with Crippen molar-refractivity contribution in [1.29, 1.82) is 0 Å². The van der Waals surface area contributed by atoms with Crippen molar-refractivity contribution in [2.45, 2.75) is 20.4 Å². The number of hydrogen-bond donors (Lipinski definition) is 1. The number of azo groups is 1. The highest BCUT2D eigenvalue weighted by atomic mass is 79.9. The molecule has 0 aliphatic heterocycles. The van der Waals surface area contributed by atoms with E-state index in [4.69, 9.17) is 0 Å². The fraction of sp³-hybridized carbons (Fsp3) is 0.190. The van der Waals surface area contributed by atoms with Crippen LogP contribution < -0.4 is 5.43 Å². The summed E-state index contributed by atoms with van der Waals surface area (Å²) in [6.45, 7) is 4.27. The minimum atomic E-state index is -0.781. The lowest BCUT2D eigenvalue weighted by molar-refractivity contribution is 0.0993. The van der Waals surface area contributed by atoms with Gasteiger partial charge >= 0.3 is 5.91 Å². The van der Waals surface area contributed by atoms with Crippen LogP contribution in [0.4, 0.5) is 5.69 Å². The Morgan fingerprint density at radius 3 is 2.73 bits per heavy atom. The summed E-state index contributed by atoms with van der Waals surface area (Å²) in [5.41, 5.74) is 1.65. The van der Waals surface area contributed by atoms with Gasteiger partial charge in [0.15, 0.2) is 5.69 Å². The Bertz CT molecular complexity index is 1420. The van der Waals surface area contributed by atoms with Crippen molar-refractivity contribution in [3.63, 3.8) is 0 Å². The maximum atomic E-state index is 12.9. The molecular formula is C21H18BrN5O3. The molecule has 0 atom stereocenters. The molecule has 152 valence electrons. The van der Waals surface area contributed by atoms with Gasteiger partial charge in [-0.2, -0.15) is 0 Å². The lowest BCUT2D eigenvalue weighted by atomic mass is 10.1. The van der Waals surface area contributed by atoms with Crippen molar-refractivity contribution in [3.8, 4) is 5.88 Å². The van der Waals surface area contributed by atoms with E-state index >= 15 is 0 Å². The van der Waals surface area contributed by atoms with Gasteiger partial charge in [-0.05, 0) is 44.2 Å². The second kappa shape index (κ2) is 7.49. The van der Waals surface area contributed by atoms with Gasteiger partial charge in [-0.1, -0.05) is 15.9 Å². The van der Waals surface area contributed by atoms with Crippen molar-refractivity contribution in [1.82, 2.24) is 14.1 Å². The molecule has 0 unspecified atom stereocenters. The van der Waals surface area contributed by atoms with Crippen molar-refractivity contribution >= 4 is 49.5 Å². The molecule has 0 aliphatic carbocycles. The minimum Gasteiger partial charge on any atom is -0.493 e. The van der Waals surface area contributed by atoms with E-state index < -0.39 is 11.3 Å². The number of amides is 1. The summed E-state index contributed by atoms with van der Waals surface area (Å²) in [7, 11) is 1.69. The molecule has 3 aromatic heterocycles. The minimum absolute atomic E-state index is 0.0975. The first-order valence-electron chi connectivity index (χ1n) is 9.25. The first-order chi connectivity index (χ1) is 14.3. The summed E-state index contributed by atoms with van der Waals surface area (Å²) in [5, 5.41) is 19.1. The number of fused-ring (bicyclic) bond motifs is 2. The van der Waals surface area contributed by atoms with E-state index in [0.29, 0.717) is 23.0 Å². The van der Waals surface area contributed by atoms with Gasteiger partial charge in [-0.25, -0.2) is 4.98 Å². The van der Waals surface area contributed by atoms with E-state index in [1.165, 1.54) is 6.20 Å². The molecule has 4 rings (SSSR count). The highest BCUT2D eigenvalue weighted by molar-refractivity contribution is 9.10. The van der Waals surface area contributed by atoms with Crippen LogP contribution in [0.3, 0.4) is 0 Å². The first-order valence-corrected chi connectivity index (χ1v) is 10.0. The summed E-state index contributed by atoms with van der Waals surface area (Å²) < 4.78 is 4.08. The van der Waals surface area contributed by atoms with E-state index in [9.17, 15) is 14.7 Å². The van der Waals surface area contributed by atoms with Crippen LogP contribution in [0.25, 0.3) is 21.9 Å². The summed E-state index contributed by atoms with van der Waals surface area (Å²) >= 11 is 3.39. The number of aryl methyl sites for hydroxylation is 3. The predicted molar refractivity (Wildman–Crippen MR) is 118 cm³/mol. The van der Waals surface area contributed by atoms with Gasteiger partial charge in [0.05, 0.1) is 10.9 Å². The number of hydrogen-bond acceptors (Lipinski definition) is 5. The third-order valence-corrected chi connectivity index (χ3v) is 5.47. The Morgan fingerprint density at radius 1 is 1.23 bits per heavy atom. The zero-order chi connectivity index (χ0) is 21.6. The number of pyridine rings is 2. The van der Waals surface area contributed by atoms with Crippen LogP contribution in [0.5, 0.6) is 5.88 Å². The van der Waals surface area contributed by atoms with Crippen molar-refractivity contribution in [2.24, 2.45) is 17.3 Å². The molecular weight excluding hydrogens is 450 g/mol. The van der Waals surface area contributed by atoms with Gasteiger partial charge in [0.2, 0.25) is 11.3 Å². The van der Waals surface area contributed by atoms with Crippen LogP contribution >= 0.6 is 15.9 Å². The number of aromatic hydroxyl groups is 1. The Balaban J connectivity index is 1.82. The zero-order valence-electron chi connectivity index (χ0n) is 16.5. The van der Waals surface area contributed by atoms with Gasteiger partial charge in [0.25, 0.3) is 0 Å². The number of rotatable bonds is 3. The Morgan fingerprint density at radius 2 is 2.00 bits per heavy atom. The molecule has 9 heteroatoms. The van der Waals surface area contributed by atoms with Crippen LogP contribution in [0.15, 0.2) is 56.0 Å². The average Bonchev–Trinajstić information content (AvgIpc) is 2.96. The fourth-order valence-electron chi connectivity index (χ4n) is 3.38. The first kappa shape index (κ1) is 20.0. The molecule has 1 aromatic carbocycles. The molecule has 8 nitrogen and oxygen atoms in total. The largest absolute Gasteiger partial charge is 0.493 e. The topological polar surface area (TPSA) is 102 Å². The maximum Gasteiger partial charge on any atom is 0.300 e. The third-order valence-electron chi connectivity index (χ3n) is 4.98. The Labute approximate surface area is 179 Å². The van der Waals surface area contributed by atoms with E-state index in [-0.39, 0.29) is 17.1 Å². The van der Waals surface area contributed by atoms with Crippen LogP contribution in [-0.2, 0) is 13.6 Å². The van der Waals surface area contributed by atoms with Gasteiger partial charge in [-0.15, -0.1) is 10.2 Å². The number of halogens is 1. The third kappa shape index (κ3) is 3.21. The fourth-order valence-corrected chi connectivity index (χ4v) is 3.75. The van der Waals surface area contributed by atoms with E-state index in [0.717, 1.165) is 15.7 Å². The molecule has 1 amide bonds. The maximum absolute atomic E-state index is 12.9. The van der Waals surface area contributed by atoms with E-state index in [1.807, 2.05) is 26.0 Å². The zero-order valence-corrected chi connectivity index (χ0v) is 18.1. The van der Waals surface area contributed by atoms with Gasteiger partial charge in [-0.3, -0.25) is 9.59 Å². The SMILES string of the molecule is CCn1cc(C(=O)N=Nc2c(O)n(C)c3ccc(Br)cc23)c(=O)c2ccc(C)nc21. The molecule has 0 aliphatic rings. The number of aromatic nitrogens is 3. The number of benzene rings is 1. The van der Waals surface area contributed by atoms with Crippen LogP contribution in [0, 0.1) is 6.92 Å². The molecule has 0 spiro atoms. The lowest BCUT2D eigenvalue weighted by Gasteiger charge is -2.09. The molecule has 0 saturated carbocycles. The quantitative estimate of drug-likeness (QED) is 0.444. The predicted octanol–water partition coefficient (Wildman–Crippen LogP) is 4.61. The lowest BCUT2D eigenvalue weighted by Crippen LogP contribution is -2.18. The van der Waals surface area contributed by atoms with Crippen molar-refractivity contribution < 1.29 is 9.90 Å². The smallest absolute Gasteiger partial charge is 0.300 e. The highest BCUT2D eigenvalue weighted by Crippen LogP contribution is 2.39. The van der Waals surface area contributed by atoms with E-state index in [1.54, 1.807) is 34.4 Å². The summed E-state index contributed by atoms with van der Waals surface area (Å²) in [6.07, 6.45) is 1.46. The van der Waals surface area contributed by atoms with Gasteiger partial charge in [0.1, 0.15) is 11.2 Å². The van der Waals surface area contributed by atoms with Crippen LogP contribution in [-0.4, -0.2) is 25.1 Å². The summed E-state index contributed by atoms with van der Waals surface area (Å²) in [4.78, 5) is 30.0. The monoisotopic (exact) mass is 467 g/mol. The van der Waals surface area contributed by atoms with Gasteiger partial charge in [0, 0.05) is 35.3 Å². The standard InChI is InChI=1S/C21H18BrN5O3/c1-4-27-10-15(18(28)13-7-5-11(2)23-19(13)27)20(29)25-24-17-14-9-12(22)6-8-16(14)26(3)21(17)30/h5-10,30H,4H2,1-3H3. The summed E-state index contributed by atoms with van der Waals surface area (Å²) in [5.74, 6) is -0.903. The second-order valence-electron chi connectivity index (χ2n) is 6.88. The molecule has 0 fully saturated rings. The Hall–Kier alpha value is -3.33. The number of carbonyl (C=O) groups is 1. The van der Waals surface area contributed by atoms with E-state index in [2.05, 4.69) is 31.1 Å². The highest BCUT2D eigenvalue weighted by Gasteiger charge is 2.18. The van der Waals surface area contributed by atoms with Crippen LogP contribution in [0.2, 0.25) is 0 Å². The van der Waals surface area contributed by atoms with Crippen LogP contribution in [0.1, 0.15) is 23.0 Å². The Kier molecular flexibility index (Phi) is 4.98. The molecule has 30 heavy (non-hydrogen) atoms. The average molecular weight is 468 g/mol. The van der Waals surface area contributed by atoms with Crippen molar-refractivity contribution in [3.05, 3.63) is 62.5 Å². The molecule has 4 aromatic rings. The normalized spacial score (nSPS) is 11.7. The van der Waals surface area contributed by atoms with Gasteiger partial charge < -0.3 is 14.2 Å². The second-order valence-corrected chi connectivity index (χ2v) is 7.80.